The summed E-state index contributed by atoms with van der Waals surface area (Å²) in [7, 11) is 0. The number of aliphatic hydroxyl groups is 1. The molecule has 1 N–H and O–H groups in total. The van der Waals surface area contributed by atoms with Gasteiger partial charge in [0.05, 0.1) is 6.61 Å². The summed E-state index contributed by atoms with van der Waals surface area (Å²) in [6, 6.07) is 0. The van der Waals surface area contributed by atoms with Crippen LogP contribution >= 0.6 is 0 Å². The minimum Gasteiger partial charge on any atom is -0.462 e. The largest absolute Gasteiger partial charge is 0.462 e. The van der Waals surface area contributed by atoms with Crippen LogP contribution < -0.4 is 0 Å². The Morgan fingerprint density at radius 2 is 1.81 bits per heavy atom. The first-order valence-electron chi connectivity index (χ1n) is 5.33. The van der Waals surface area contributed by atoms with Crippen LogP contribution in [-0.2, 0) is 19.1 Å². The Bertz CT molecular complexity index is 285. The second-order valence-electron chi connectivity index (χ2n) is 4.94. The molecule has 0 amide bonds. The topological polar surface area (TPSA) is 72.8 Å². The van der Waals surface area contributed by atoms with Gasteiger partial charge in [0.15, 0.2) is 5.41 Å². The second-order valence-corrected chi connectivity index (χ2v) is 4.94. The molecular weight excluding hydrogens is 212 g/mol. The molecule has 0 unspecified atom stereocenters. The van der Waals surface area contributed by atoms with Gasteiger partial charge in [0, 0.05) is 0 Å². The smallest absolute Gasteiger partial charge is 0.324 e. The van der Waals surface area contributed by atoms with Gasteiger partial charge in [-0.2, -0.15) is 0 Å². The zero-order chi connectivity index (χ0) is 12.4. The van der Waals surface area contributed by atoms with Gasteiger partial charge in [-0.3, -0.25) is 9.59 Å². The second kappa shape index (κ2) is 4.41. The molecule has 0 aromatic carbocycles. The van der Waals surface area contributed by atoms with Crippen LogP contribution in [0.3, 0.4) is 0 Å². The van der Waals surface area contributed by atoms with E-state index in [4.69, 9.17) is 14.6 Å². The number of carbonyl (C=O) groups excluding carboxylic acids is 2. The Labute approximate surface area is 94.7 Å². The van der Waals surface area contributed by atoms with E-state index in [2.05, 4.69) is 0 Å². The first kappa shape index (κ1) is 13.0. The fourth-order valence-electron chi connectivity index (χ4n) is 1.27. The molecule has 1 rings (SSSR count). The lowest BCUT2D eigenvalue weighted by molar-refractivity contribution is -0.172. The van der Waals surface area contributed by atoms with Crippen molar-refractivity contribution in [1.82, 2.24) is 0 Å². The van der Waals surface area contributed by atoms with Crippen LogP contribution in [0.1, 0.15) is 33.6 Å². The van der Waals surface area contributed by atoms with E-state index in [1.54, 1.807) is 20.8 Å². The molecule has 16 heavy (non-hydrogen) atoms. The summed E-state index contributed by atoms with van der Waals surface area (Å²) in [5.41, 5.74) is -1.72. The Morgan fingerprint density at radius 3 is 2.19 bits per heavy atom. The lowest BCUT2D eigenvalue weighted by atomic mass is 10.1. The van der Waals surface area contributed by atoms with Crippen molar-refractivity contribution in [2.45, 2.75) is 39.2 Å². The summed E-state index contributed by atoms with van der Waals surface area (Å²) in [6.45, 7) is 4.93. The first-order chi connectivity index (χ1) is 7.32. The van der Waals surface area contributed by atoms with Gasteiger partial charge in [-0.15, -0.1) is 0 Å². The molecule has 0 saturated heterocycles. The number of aliphatic hydroxyl groups excluding tert-OH is 1. The highest BCUT2D eigenvalue weighted by Crippen LogP contribution is 2.48. The van der Waals surface area contributed by atoms with Crippen molar-refractivity contribution in [3.63, 3.8) is 0 Å². The fraction of sp³-hybridized carbons (Fsp3) is 0.818. The molecule has 0 aromatic rings. The van der Waals surface area contributed by atoms with Crippen LogP contribution in [0.15, 0.2) is 0 Å². The molecule has 5 heteroatoms. The van der Waals surface area contributed by atoms with Gasteiger partial charge in [-0.25, -0.2) is 0 Å². The van der Waals surface area contributed by atoms with Gasteiger partial charge in [0.2, 0.25) is 0 Å². The molecule has 1 saturated carbocycles. The third kappa shape index (κ3) is 2.95. The van der Waals surface area contributed by atoms with Gasteiger partial charge in [0.25, 0.3) is 0 Å². The lowest BCUT2D eigenvalue weighted by Crippen LogP contribution is -2.35. The molecule has 5 nitrogen and oxygen atoms in total. The van der Waals surface area contributed by atoms with Crippen molar-refractivity contribution >= 4 is 11.9 Å². The van der Waals surface area contributed by atoms with Gasteiger partial charge >= 0.3 is 11.9 Å². The van der Waals surface area contributed by atoms with Crippen LogP contribution in [0.4, 0.5) is 0 Å². The van der Waals surface area contributed by atoms with Crippen LogP contribution in [0.2, 0.25) is 0 Å². The number of hydrogen-bond donors (Lipinski definition) is 1. The molecule has 1 aliphatic rings. The molecule has 92 valence electrons. The lowest BCUT2D eigenvalue weighted by Gasteiger charge is -2.22. The van der Waals surface area contributed by atoms with Crippen molar-refractivity contribution in [2.75, 3.05) is 13.2 Å². The predicted octanol–water partition coefficient (Wildman–Crippen LogP) is 0.644. The van der Waals surface area contributed by atoms with Crippen LogP contribution in [0, 0.1) is 5.41 Å². The molecule has 1 aliphatic carbocycles. The summed E-state index contributed by atoms with van der Waals surface area (Å²) >= 11 is 0. The SMILES string of the molecule is CC(C)(C)OC(=O)C1(C(=O)OCCO)CC1. The monoisotopic (exact) mass is 230 g/mol. The average molecular weight is 230 g/mol. The average Bonchev–Trinajstić information content (AvgIpc) is 2.91. The van der Waals surface area contributed by atoms with Gasteiger partial charge in [-0.05, 0) is 33.6 Å². The maximum atomic E-state index is 11.8. The maximum Gasteiger partial charge on any atom is 0.324 e. The van der Waals surface area contributed by atoms with Gasteiger partial charge < -0.3 is 14.6 Å². The number of rotatable bonds is 4. The van der Waals surface area contributed by atoms with Crippen molar-refractivity contribution in [2.24, 2.45) is 5.41 Å². The van der Waals surface area contributed by atoms with Gasteiger partial charge in [0.1, 0.15) is 12.2 Å². The van der Waals surface area contributed by atoms with Crippen LogP contribution in [0.25, 0.3) is 0 Å². The van der Waals surface area contributed by atoms with E-state index in [1.807, 2.05) is 0 Å². The highest BCUT2D eigenvalue weighted by molar-refractivity contribution is 6.03. The molecule has 0 atom stereocenters. The minimum atomic E-state index is -1.11. The van der Waals surface area contributed by atoms with E-state index in [0.29, 0.717) is 12.8 Å². The Hall–Kier alpha value is -1.10. The number of hydrogen-bond acceptors (Lipinski definition) is 5. The van der Waals surface area contributed by atoms with Crippen LogP contribution in [-0.4, -0.2) is 35.9 Å². The molecule has 0 heterocycles. The highest BCUT2D eigenvalue weighted by atomic mass is 16.6. The molecule has 0 aliphatic heterocycles. The summed E-state index contributed by atoms with van der Waals surface area (Å²) in [5.74, 6) is -1.11. The summed E-state index contributed by atoms with van der Waals surface area (Å²) in [4.78, 5) is 23.3. The Balaban J connectivity index is 2.57. The zero-order valence-corrected chi connectivity index (χ0v) is 9.91. The van der Waals surface area contributed by atoms with Crippen molar-refractivity contribution in [1.29, 1.82) is 0 Å². The van der Waals surface area contributed by atoms with Crippen molar-refractivity contribution in [3.05, 3.63) is 0 Å². The standard InChI is InChI=1S/C11H18O5/c1-10(2,3)16-9(14)11(4-5-11)8(13)15-7-6-12/h12H,4-7H2,1-3H3. The quantitative estimate of drug-likeness (QED) is 0.567. The maximum absolute atomic E-state index is 11.8. The number of carbonyl (C=O) groups is 2. The predicted molar refractivity (Wildman–Crippen MR) is 55.6 cm³/mol. The Kier molecular flexibility index (Phi) is 3.57. The van der Waals surface area contributed by atoms with E-state index < -0.39 is 23.0 Å². The Morgan fingerprint density at radius 1 is 1.25 bits per heavy atom. The van der Waals surface area contributed by atoms with Crippen molar-refractivity contribution in [3.8, 4) is 0 Å². The number of ether oxygens (including phenoxy) is 2. The fourth-order valence-corrected chi connectivity index (χ4v) is 1.27. The molecule has 0 spiro atoms. The first-order valence-corrected chi connectivity index (χ1v) is 5.33. The molecule has 0 bridgehead atoms. The normalized spacial score (nSPS) is 17.8. The third-order valence-corrected chi connectivity index (χ3v) is 2.25. The molecule has 1 fully saturated rings. The number of esters is 2. The summed E-state index contributed by atoms with van der Waals surface area (Å²) in [6.07, 6.45) is 0.929. The van der Waals surface area contributed by atoms with Crippen LogP contribution in [0.5, 0.6) is 0 Å². The highest BCUT2D eigenvalue weighted by Gasteiger charge is 2.60. The van der Waals surface area contributed by atoms with E-state index in [0.717, 1.165) is 0 Å². The van der Waals surface area contributed by atoms with E-state index in [1.165, 1.54) is 0 Å². The summed E-state index contributed by atoms with van der Waals surface area (Å²) in [5, 5.41) is 8.53. The molecular formula is C11H18O5. The van der Waals surface area contributed by atoms with Crippen molar-refractivity contribution < 1.29 is 24.2 Å². The summed E-state index contributed by atoms with van der Waals surface area (Å²) < 4.78 is 9.93. The minimum absolute atomic E-state index is 0.0800. The third-order valence-electron chi connectivity index (χ3n) is 2.25. The van der Waals surface area contributed by atoms with E-state index in [-0.39, 0.29) is 13.2 Å². The van der Waals surface area contributed by atoms with Gasteiger partial charge in [-0.1, -0.05) is 0 Å². The molecule has 0 aromatic heterocycles. The van der Waals surface area contributed by atoms with E-state index >= 15 is 0 Å². The van der Waals surface area contributed by atoms with E-state index in [9.17, 15) is 9.59 Å². The zero-order valence-electron chi connectivity index (χ0n) is 9.91. The molecule has 0 radical (unpaired) electrons.